The van der Waals surface area contributed by atoms with Gasteiger partial charge in [-0.2, -0.15) is 0 Å². The molecule has 0 N–H and O–H groups in total. The van der Waals surface area contributed by atoms with Crippen LogP contribution in [0, 0.1) is 0 Å². The Labute approximate surface area is 469 Å². The number of aromatic nitrogens is 3. The molecule has 0 amide bonds. The van der Waals surface area contributed by atoms with Gasteiger partial charge in [0.2, 0.25) is 0 Å². The number of anilines is 3. The average molecular weight is 1030 g/mol. The van der Waals surface area contributed by atoms with Gasteiger partial charge < -0.3 is 9.32 Å². The van der Waals surface area contributed by atoms with Crippen molar-refractivity contribution in [2.24, 2.45) is 0 Å². The molecule has 0 fully saturated rings. The third-order valence-corrected chi connectivity index (χ3v) is 16.6. The molecule has 14 aromatic rings. The summed E-state index contributed by atoms with van der Waals surface area (Å²) >= 11 is 0. The minimum absolute atomic E-state index is 0.481. The van der Waals surface area contributed by atoms with Crippen molar-refractivity contribution in [1.82, 2.24) is 15.0 Å². The minimum atomic E-state index is -0.481. The maximum atomic E-state index is 7.16. The molecule has 5 heteroatoms. The van der Waals surface area contributed by atoms with E-state index < -0.39 is 5.41 Å². The van der Waals surface area contributed by atoms with Gasteiger partial charge in [0.15, 0.2) is 17.5 Å². The van der Waals surface area contributed by atoms with Gasteiger partial charge in [0.1, 0.15) is 11.2 Å². The number of fused-ring (bicyclic) bond motifs is 13. The predicted molar refractivity (Wildman–Crippen MR) is 331 cm³/mol. The Morgan fingerprint density at radius 3 is 1.25 bits per heavy atom. The van der Waals surface area contributed by atoms with Crippen LogP contribution in [0.2, 0.25) is 0 Å². The van der Waals surface area contributed by atoms with Crippen LogP contribution in [0.5, 0.6) is 0 Å². The van der Waals surface area contributed by atoms with E-state index in [2.05, 4.69) is 235 Å². The molecule has 81 heavy (non-hydrogen) atoms. The Morgan fingerprint density at radius 2 is 0.667 bits per heavy atom. The molecule has 2 heterocycles. The van der Waals surface area contributed by atoms with Gasteiger partial charge in [-0.1, -0.05) is 261 Å². The number of hydrogen-bond donors (Lipinski definition) is 0. The van der Waals surface area contributed by atoms with Crippen molar-refractivity contribution in [2.75, 3.05) is 4.90 Å². The Kier molecular flexibility index (Phi) is 10.7. The molecule has 12 aromatic carbocycles. The second kappa shape index (κ2) is 18.7. The number of furan rings is 1. The molecule has 2 aliphatic rings. The maximum Gasteiger partial charge on any atom is 0.164 e. The first-order chi connectivity index (χ1) is 40.2. The molecular weight excluding hydrogens is 985 g/mol. The van der Waals surface area contributed by atoms with Crippen LogP contribution in [0.3, 0.4) is 0 Å². The third-order valence-electron chi connectivity index (χ3n) is 16.6. The standard InChI is InChI=1S/C76H48N4O/c1-4-20-49(21-5-1)50-44-46-56(47-45-50)80(69-39-19-38-68-70(69)64-30-12-15-37-67(64)76(68)65-35-13-10-28-60(65)61-29-11-14-36-66(61)76)57-27-16-26-55(48-57)59-32-18-34-63-62-33-17-31-58(71(62)81-72(59)63)51-40-42-54(43-41-51)75-78-73(52-22-6-2-7-23-52)77-74(79-75)53-24-8-3-9-25-53/h1-48H. The SMILES string of the molecule is c1ccc(-c2ccc(N(c3cccc(-c4cccc5c4oc4c(-c6ccc(-c7nc(-c8ccccc8)nc(-c8ccccc8)n7)cc6)cccc45)c3)c3cccc4c3-c3ccccc3C43c4ccccc4-c4ccccc43)cc2)cc1. The van der Waals surface area contributed by atoms with Gasteiger partial charge in [-0.25, -0.2) is 15.0 Å². The highest BCUT2D eigenvalue weighted by Crippen LogP contribution is 2.64. The first kappa shape index (κ1) is 46.4. The van der Waals surface area contributed by atoms with Gasteiger partial charge in [0.05, 0.1) is 11.1 Å². The lowest BCUT2D eigenvalue weighted by Gasteiger charge is -2.32. The summed E-state index contributed by atoms with van der Waals surface area (Å²) in [5.41, 5.74) is 24.0. The second-order valence-electron chi connectivity index (χ2n) is 21.0. The third kappa shape index (κ3) is 7.36. The normalized spacial score (nSPS) is 12.5. The van der Waals surface area contributed by atoms with E-state index >= 15 is 0 Å². The molecule has 2 aliphatic carbocycles. The zero-order valence-electron chi connectivity index (χ0n) is 43.9. The van der Waals surface area contributed by atoms with Gasteiger partial charge in [-0.15, -0.1) is 0 Å². The van der Waals surface area contributed by atoms with E-state index in [9.17, 15) is 0 Å². The fraction of sp³-hybridized carbons (Fsp3) is 0.0132. The van der Waals surface area contributed by atoms with Gasteiger partial charge in [0.25, 0.3) is 0 Å². The molecule has 0 aliphatic heterocycles. The molecule has 5 nitrogen and oxygen atoms in total. The lowest BCUT2D eigenvalue weighted by molar-refractivity contribution is 0.671. The van der Waals surface area contributed by atoms with Crippen LogP contribution in [0.25, 0.3) is 112 Å². The van der Waals surface area contributed by atoms with Gasteiger partial charge in [-0.05, 0) is 91.5 Å². The van der Waals surface area contributed by atoms with E-state index in [0.717, 1.165) is 77.9 Å². The van der Waals surface area contributed by atoms with E-state index in [-0.39, 0.29) is 0 Å². The Bertz CT molecular complexity index is 4640. The second-order valence-corrected chi connectivity index (χ2v) is 21.0. The number of rotatable bonds is 9. The lowest BCUT2D eigenvalue weighted by Crippen LogP contribution is -2.26. The Morgan fingerprint density at radius 1 is 0.272 bits per heavy atom. The van der Waals surface area contributed by atoms with Crippen molar-refractivity contribution in [3.05, 3.63) is 313 Å². The monoisotopic (exact) mass is 1030 g/mol. The average Bonchev–Trinajstić information content (AvgIpc) is 4.39. The predicted octanol–water partition coefficient (Wildman–Crippen LogP) is 19.6. The van der Waals surface area contributed by atoms with Crippen molar-refractivity contribution in [3.63, 3.8) is 0 Å². The van der Waals surface area contributed by atoms with Crippen molar-refractivity contribution >= 4 is 39.0 Å². The fourth-order valence-corrected chi connectivity index (χ4v) is 13.0. The first-order valence-electron chi connectivity index (χ1n) is 27.6. The number of hydrogen-bond acceptors (Lipinski definition) is 5. The van der Waals surface area contributed by atoms with Crippen LogP contribution in [-0.4, -0.2) is 15.0 Å². The van der Waals surface area contributed by atoms with Crippen LogP contribution >= 0.6 is 0 Å². The number of nitrogens with zero attached hydrogens (tertiary/aromatic N) is 4. The highest BCUT2D eigenvalue weighted by Gasteiger charge is 2.52. The lowest BCUT2D eigenvalue weighted by atomic mass is 9.70. The molecule has 0 atom stereocenters. The zero-order chi connectivity index (χ0) is 53.4. The van der Waals surface area contributed by atoms with Crippen LogP contribution in [-0.2, 0) is 5.41 Å². The smallest absolute Gasteiger partial charge is 0.164 e. The molecule has 0 saturated heterocycles. The van der Waals surface area contributed by atoms with E-state index in [1.165, 1.54) is 55.6 Å². The van der Waals surface area contributed by atoms with Gasteiger partial charge in [0, 0.05) is 55.5 Å². The summed E-state index contributed by atoms with van der Waals surface area (Å²) in [6.45, 7) is 0. The van der Waals surface area contributed by atoms with E-state index in [1.54, 1.807) is 0 Å². The molecule has 16 rings (SSSR count). The summed E-state index contributed by atoms with van der Waals surface area (Å²) in [5, 5.41) is 2.12. The molecule has 0 bridgehead atoms. The summed E-state index contributed by atoms with van der Waals surface area (Å²) in [6.07, 6.45) is 0. The topological polar surface area (TPSA) is 55.1 Å². The van der Waals surface area contributed by atoms with Crippen LogP contribution < -0.4 is 4.90 Å². The molecule has 0 unspecified atom stereocenters. The van der Waals surface area contributed by atoms with Crippen molar-refractivity contribution in [2.45, 2.75) is 5.41 Å². The maximum absolute atomic E-state index is 7.16. The Hall–Kier alpha value is -10.8. The summed E-state index contributed by atoms with van der Waals surface area (Å²) in [7, 11) is 0. The number of para-hydroxylation sites is 2. The van der Waals surface area contributed by atoms with E-state index in [0.29, 0.717) is 17.5 Å². The van der Waals surface area contributed by atoms with Crippen molar-refractivity contribution < 1.29 is 4.42 Å². The van der Waals surface area contributed by atoms with Crippen molar-refractivity contribution in [1.29, 1.82) is 0 Å². The Balaban J connectivity index is 0.823. The quantitative estimate of drug-likeness (QED) is 0.144. The van der Waals surface area contributed by atoms with Crippen LogP contribution in [0.4, 0.5) is 17.1 Å². The largest absolute Gasteiger partial charge is 0.455 e. The van der Waals surface area contributed by atoms with E-state index in [1.807, 2.05) is 60.7 Å². The highest BCUT2D eigenvalue weighted by molar-refractivity contribution is 6.13. The summed E-state index contributed by atoms with van der Waals surface area (Å²) in [5.74, 6) is 1.87. The minimum Gasteiger partial charge on any atom is -0.455 e. The zero-order valence-corrected chi connectivity index (χ0v) is 43.9. The van der Waals surface area contributed by atoms with Crippen molar-refractivity contribution in [3.8, 4) is 89.8 Å². The molecule has 0 saturated carbocycles. The molecular formula is C76H48N4O. The molecule has 2 aromatic heterocycles. The highest BCUT2D eigenvalue weighted by atomic mass is 16.3. The van der Waals surface area contributed by atoms with Crippen LogP contribution in [0.15, 0.2) is 296 Å². The van der Waals surface area contributed by atoms with Gasteiger partial charge in [-0.3, -0.25) is 0 Å². The molecule has 0 radical (unpaired) electrons. The molecule has 1 spiro atoms. The fourth-order valence-electron chi connectivity index (χ4n) is 13.0. The van der Waals surface area contributed by atoms with Crippen LogP contribution in [0.1, 0.15) is 22.3 Å². The summed E-state index contributed by atoms with van der Waals surface area (Å²) in [6, 6.07) is 104. The number of benzene rings is 12. The van der Waals surface area contributed by atoms with E-state index in [4.69, 9.17) is 19.4 Å². The summed E-state index contributed by atoms with van der Waals surface area (Å²) < 4.78 is 7.16. The first-order valence-corrected chi connectivity index (χ1v) is 27.6. The van der Waals surface area contributed by atoms with Gasteiger partial charge >= 0.3 is 0 Å². The molecule has 378 valence electrons. The summed E-state index contributed by atoms with van der Waals surface area (Å²) in [4.78, 5) is 17.4.